The normalized spacial score (nSPS) is 11.7. The number of carbonyl (C=O) groups is 1. The Bertz CT molecular complexity index is 1310. The molecule has 0 saturated heterocycles. The van der Waals surface area contributed by atoms with Crippen molar-refractivity contribution in [3.8, 4) is 11.4 Å². The molecular formula is C23H25N5O2S. The quantitative estimate of drug-likeness (QED) is 0.411. The van der Waals surface area contributed by atoms with Gasteiger partial charge >= 0.3 is 0 Å². The Morgan fingerprint density at radius 3 is 2.77 bits per heavy atom. The van der Waals surface area contributed by atoms with Gasteiger partial charge in [0.2, 0.25) is 11.8 Å². The van der Waals surface area contributed by atoms with Crippen molar-refractivity contribution in [3.05, 3.63) is 58.7 Å². The van der Waals surface area contributed by atoms with Crippen LogP contribution in [-0.2, 0) is 16.8 Å². The molecule has 0 radical (unpaired) electrons. The predicted molar refractivity (Wildman–Crippen MR) is 124 cm³/mol. The molecule has 160 valence electrons. The van der Waals surface area contributed by atoms with Crippen LogP contribution in [0.1, 0.15) is 38.6 Å². The maximum absolute atomic E-state index is 12.6. The minimum Gasteiger partial charge on any atom is -0.440 e. The van der Waals surface area contributed by atoms with E-state index in [2.05, 4.69) is 20.5 Å². The van der Waals surface area contributed by atoms with Gasteiger partial charge in [0.25, 0.3) is 0 Å². The highest BCUT2D eigenvalue weighted by Crippen LogP contribution is 2.27. The Hall–Kier alpha value is -3.26. The third kappa shape index (κ3) is 4.59. The van der Waals surface area contributed by atoms with Crippen LogP contribution in [0, 0.1) is 11.7 Å². The highest BCUT2D eigenvalue weighted by molar-refractivity contribution is 7.71. The zero-order valence-electron chi connectivity index (χ0n) is 18.0. The molecule has 0 aliphatic heterocycles. The van der Waals surface area contributed by atoms with Gasteiger partial charge in [0, 0.05) is 29.6 Å². The summed E-state index contributed by atoms with van der Waals surface area (Å²) in [6, 6.07) is 13.5. The summed E-state index contributed by atoms with van der Waals surface area (Å²) < 4.78 is 8.15. The zero-order chi connectivity index (χ0) is 22.2. The molecule has 0 spiro atoms. The van der Waals surface area contributed by atoms with Gasteiger partial charge in [-0.25, -0.2) is 4.98 Å². The number of oxazole rings is 1. The Morgan fingerprint density at radius 2 is 2.03 bits per heavy atom. The van der Waals surface area contributed by atoms with Gasteiger partial charge < -0.3 is 9.73 Å². The molecule has 0 atom stereocenters. The first kappa shape index (κ1) is 21.0. The molecule has 2 aromatic heterocycles. The number of aryl methyl sites for hydroxylation is 1. The van der Waals surface area contributed by atoms with E-state index in [1.54, 1.807) is 0 Å². The molecule has 4 aromatic rings. The first-order valence-electron chi connectivity index (χ1n) is 10.1. The van der Waals surface area contributed by atoms with Crippen LogP contribution < -0.4 is 5.32 Å². The summed E-state index contributed by atoms with van der Waals surface area (Å²) >= 11 is 5.37. The Morgan fingerprint density at radius 1 is 1.23 bits per heavy atom. The van der Waals surface area contributed by atoms with Crippen molar-refractivity contribution in [2.45, 2.75) is 46.1 Å². The van der Waals surface area contributed by atoms with Crippen LogP contribution in [0.5, 0.6) is 0 Å². The lowest BCUT2D eigenvalue weighted by Gasteiger charge is -2.11. The summed E-state index contributed by atoms with van der Waals surface area (Å²) in [6.45, 7) is 8.59. The minimum atomic E-state index is -0.179. The topological polar surface area (TPSA) is 88.7 Å². The van der Waals surface area contributed by atoms with Crippen molar-refractivity contribution in [3.63, 3.8) is 0 Å². The Balaban J connectivity index is 1.47. The molecule has 1 amide bonds. The fraction of sp³-hybridized carbons (Fsp3) is 0.304. The Kier molecular flexibility index (Phi) is 5.49. The van der Waals surface area contributed by atoms with Crippen LogP contribution in [0.4, 0.5) is 5.69 Å². The SMILES string of the molecule is Cc1cccc(-c2n[nH]c(=S)n2CCC(=O)Nc2ccc3oc(C(C)(C)C)nc3c2)c1. The third-order valence-electron chi connectivity index (χ3n) is 4.91. The minimum absolute atomic E-state index is 0.114. The second kappa shape index (κ2) is 8.11. The molecule has 2 N–H and O–H groups in total. The molecule has 0 saturated carbocycles. The number of rotatable bonds is 5. The molecule has 0 fully saturated rings. The van der Waals surface area contributed by atoms with E-state index >= 15 is 0 Å². The van der Waals surface area contributed by atoms with E-state index in [1.807, 2.05) is 74.7 Å². The first-order chi connectivity index (χ1) is 14.7. The monoisotopic (exact) mass is 435 g/mol. The van der Waals surface area contributed by atoms with Gasteiger partial charge in [-0.05, 0) is 43.4 Å². The molecule has 0 aliphatic carbocycles. The second-order valence-electron chi connectivity index (χ2n) is 8.62. The number of aromatic nitrogens is 4. The summed E-state index contributed by atoms with van der Waals surface area (Å²) in [5, 5.41) is 10.1. The molecule has 0 aliphatic rings. The highest BCUT2D eigenvalue weighted by atomic mass is 32.1. The van der Waals surface area contributed by atoms with Gasteiger partial charge in [-0.2, -0.15) is 5.10 Å². The number of hydrogen-bond acceptors (Lipinski definition) is 5. The zero-order valence-corrected chi connectivity index (χ0v) is 18.8. The number of anilines is 1. The summed E-state index contributed by atoms with van der Waals surface area (Å²) in [4.78, 5) is 17.1. The molecule has 0 bridgehead atoms. The van der Waals surface area contributed by atoms with E-state index in [0.717, 1.165) is 22.5 Å². The smallest absolute Gasteiger partial charge is 0.226 e. The number of fused-ring (bicyclic) bond motifs is 1. The maximum Gasteiger partial charge on any atom is 0.226 e. The third-order valence-corrected chi connectivity index (χ3v) is 5.22. The number of nitrogens with one attached hydrogen (secondary N) is 2. The molecule has 2 heterocycles. The predicted octanol–water partition coefficient (Wildman–Crippen LogP) is 5.38. The summed E-state index contributed by atoms with van der Waals surface area (Å²) in [5.41, 5.74) is 4.02. The Labute approximate surface area is 185 Å². The van der Waals surface area contributed by atoms with Gasteiger partial charge in [-0.1, -0.05) is 44.5 Å². The average molecular weight is 436 g/mol. The van der Waals surface area contributed by atoms with Crippen LogP contribution in [-0.4, -0.2) is 25.7 Å². The molecule has 7 nitrogen and oxygen atoms in total. The van der Waals surface area contributed by atoms with Crippen molar-refractivity contribution in [1.29, 1.82) is 0 Å². The highest BCUT2D eigenvalue weighted by Gasteiger charge is 2.21. The molecule has 2 aromatic carbocycles. The van der Waals surface area contributed by atoms with Crippen LogP contribution >= 0.6 is 12.2 Å². The van der Waals surface area contributed by atoms with E-state index in [-0.39, 0.29) is 17.7 Å². The van der Waals surface area contributed by atoms with E-state index in [0.29, 0.717) is 28.5 Å². The average Bonchev–Trinajstić information content (AvgIpc) is 3.29. The van der Waals surface area contributed by atoms with Crippen molar-refractivity contribution in [2.75, 3.05) is 5.32 Å². The summed E-state index contributed by atoms with van der Waals surface area (Å²) in [6.07, 6.45) is 0.261. The van der Waals surface area contributed by atoms with Crippen molar-refractivity contribution < 1.29 is 9.21 Å². The van der Waals surface area contributed by atoms with Gasteiger partial charge in [-0.3, -0.25) is 14.5 Å². The first-order valence-corrected chi connectivity index (χ1v) is 10.5. The number of carbonyl (C=O) groups excluding carboxylic acids is 1. The number of hydrogen-bond donors (Lipinski definition) is 2. The molecule has 31 heavy (non-hydrogen) atoms. The van der Waals surface area contributed by atoms with Crippen molar-refractivity contribution in [1.82, 2.24) is 19.7 Å². The lowest BCUT2D eigenvalue weighted by molar-refractivity contribution is -0.116. The number of amides is 1. The number of nitrogens with zero attached hydrogens (tertiary/aromatic N) is 3. The standard InChI is InChI=1S/C23H25N5O2S/c1-14-6-5-7-15(12-14)20-26-27-22(31)28(20)11-10-19(29)24-16-8-9-18-17(13-16)25-21(30-18)23(2,3)4/h5-9,12-13H,10-11H2,1-4H3,(H,24,29)(H,27,31). The van der Waals surface area contributed by atoms with Gasteiger partial charge in [0.1, 0.15) is 5.52 Å². The molecule has 8 heteroatoms. The molecule has 4 rings (SSSR count). The molecular weight excluding hydrogens is 410 g/mol. The van der Waals surface area contributed by atoms with Crippen LogP contribution in [0.2, 0.25) is 0 Å². The van der Waals surface area contributed by atoms with Crippen LogP contribution in [0.3, 0.4) is 0 Å². The number of aromatic amines is 1. The van der Waals surface area contributed by atoms with Crippen LogP contribution in [0.15, 0.2) is 46.9 Å². The molecule has 0 unspecified atom stereocenters. The largest absolute Gasteiger partial charge is 0.440 e. The summed E-state index contributed by atoms with van der Waals surface area (Å²) in [5.74, 6) is 1.28. The van der Waals surface area contributed by atoms with E-state index in [1.165, 1.54) is 0 Å². The van der Waals surface area contributed by atoms with E-state index < -0.39 is 0 Å². The van der Waals surface area contributed by atoms with Crippen molar-refractivity contribution in [2.24, 2.45) is 0 Å². The van der Waals surface area contributed by atoms with Gasteiger partial charge in [0.05, 0.1) is 0 Å². The van der Waals surface area contributed by atoms with Gasteiger partial charge in [-0.15, -0.1) is 0 Å². The fourth-order valence-electron chi connectivity index (χ4n) is 3.29. The number of H-pyrrole nitrogens is 1. The number of benzene rings is 2. The van der Waals surface area contributed by atoms with E-state index in [9.17, 15) is 4.79 Å². The van der Waals surface area contributed by atoms with Gasteiger partial charge in [0.15, 0.2) is 16.2 Å². The lowest BCUT2D eigenvalue weighted by atomic mass is 9.97. The maximum atomic E-state index is 12.6. The fourth-order valence-corrected chi connectivity index (χ4v) is 3.52. The lowest BCUT2D eigenvalue weighted by Crippen LogP contribution is -2.15. The summed E-state index contributed by atoms with van der Waals surface area (Å²) in [7, 11) is 0. The van der Waals surface area contributed by atoms with Crippen LogP contribution in [0.25, 0.3) is 22.5 Å². The second-order valence-corrected chi connectivity index (χ2v) is 9.01. The van der Waals surface area contributed by atoms with E-state index in [4.69, 9.17) is 16.6 Å². The van der Waals surface area contributed by atoms with Crippen molar-refractivity contribution >= 4 is 34.9 Å².